The van der Waals surface area contributed by atoms with Crippen molar-refractivity contribution in [2.24, 2.45) is 0 Å². The van der Waals surface area contributed by atoms with Crippen LogP contribution in [0.1, 0.15) is 17.5 Å². The molecule has 0 aliphatic heterocycles. The normalized spacial score (nSPS) is 12.6. The maximum Gasteiger partial charge on any atom is 0.159 e. The maximum absolute atomic E-state index is 7.06. The lowest BCUT2D eigenvalue weighted by molar-refractivity contribution is 0.669. The van der Waals surface area contributed by atoms with Gasteiger partial charge in [-0.05, 0) is 115 Å². The van der Waals surface area contributed by atoms with Crippen molar-refractivity contribution in [2.45, 2.75) is 12.8 Å². The van der Waals surface area contributed by atoms with Crippen LogP contribution in [-0.4, -0.2) is 0 Å². The van der Waals surface area contributed by atoms with Gasteiger partial charge in [-0.1, -0.05) is 152 Å². The number of hydrogen-bond acceptors (Lipinski definition) is 2. The summed E-state index contributed by atoms with van der Waals surface area (Å²) in [7, 11) is 0. The van der Waals surface area contributed by atoms with Crippen molar-refractivity contribution in [2.75, 3.05) is 4.90 Å². The number of furan rings is 1. The van der Waals surface area contributed by atoms with E-state index >= 15 is 0 Å². The number of para-hydroxylation sites is 1. The predicted octanol–water partition coefficient (Wildman–Crippen LogP) is 14.8. The molecule has 1 aliphatic rings. The van der Waals surface area contributed by atoms with Gasteiger partial charge in [0, 0.05) is 22.1 Å². The van der Waals surface area contributed by atoms with Crippen LogP contribution in [0.4, 0.5) is 17.1 Å². The highest BCUT2D eigenvalue weighted by molar-refractivity contribution is 6.24. The molecule has 1 heterocycles. The summed E-state index contributed by atoms with van der Waals surface area (Å²) in [6.45, 7) is 0. The fourth-order valence-electron chi connectivity index (χ4n) is 8.85. The molecule has 1 aromatic heterocycles. The van der Waals surface area contributed by atoms with E-state index in [0.717, 1.165) is 51.8 Å². The molecule has 1 aliphatic carbocycles. The third-order valence-electron chi connectivity index (χ3n) is 11.3. The fraction of sp³-hybridized carbons (Fsp3) is 0.0385. The maximum atomic E-state index is 7.06. The number of anilines is 3. The van der Waals surface area contributed by atoms with Crippen molar-refractivity contribution in [3.63, 3.8) is 0 Å². The largest absolute Gasteiger partial charge is 0.454 e. The lowest BCUT2D eigenvalue weighted by Gasteiger charge is -2.27. The number of nitrogens with zero attached hydrogens (tertiary/aromatic N) is 1. The van der Waals surface area contributed by atoms with Crippen LogP contribution in [0.25, 0.3) is 82.6 Å². The summed E-state index contributed by atoms with van der Waals surface area (Å²) in [5.74, 6) is 0. The van der Waals surface area contributed by atoms with Gasteiger partial charge in [-0.15, -0.1) is 0 Å². The molecule has 0 atom stereocenters. The minimum absolute atomic E-state index is 0.874. The molecular weight excluding hydrogens is 655 g/mol. The summed E-state index contributed by atoms with van der Waals surface area (Å²) in [5, 5.41) is 9.90. The monoisotopic (exact) mass is 689 g/mol. The molecule has 54 heavy (non-hydrogen) atoms. The molecule has 11 rings (SSSR count). The average Bonchev–Trinajstić information content (AvgIpc) is 3.64. The van der Waals surface area contributed by atoms with Gasteiger partial charge in [0.15, 0.2) is 5.58 Å². The van der Waals surface area contributed by atoms with Crippen molar-refractivity contribution in [1.29, 1.82) is 0 Å². The van der Waals surface area contributed by atoms with Crippen LogP contribution in [-0.2, 0) is 6.42 Å². The summed E-state index contributed by atoms with van der Waals surface area (Å²) >= 11 is 0. The van der Waals surface area contributed by atoms with Crippen molar-refractivity contribution < 1.29 is 4.42 Å². The Hall–Kier alpha value is -6.90. The van der Waals surface area contributed by atoms with E-state index in [0.29, 0.717) is 0 Å². The number of hydrogen-bond donors (Lipinski definition) is 0. The van der Waals surface area contributed by atoms with E-state index < -0.39 is 0 Å². The Balaban J connectivity index is 1.18. The van der Waals surface area contributed by atoms with Gasteiger partial charge in [-0.3, -0.25) is 0 Å². The standard InChI is InChI=1S/C52H35NO/c1-3-14-34(15-4-1)35-26-28-37(29-27-35)53(38-30-31-44-41-20-8-7-18-39(41)40-19-9-10-21-42(40)48(44)32-38)49-25-13-24-46-51-45-23-12-11-22-43(45)47(33-50(51)54-52(46)49)36-16-5-2-6-17-36/h1-9,11-20,22-33H,10,21H2. The minimum atomic E-state index is 0.874. The second-order valence-corrected chi connectivity index (χ2v) is 14.3. The molecule has 0 unspecified atom stereocenters. The van der Waals surface area contributed by atoms with Crippen molar-refractivity contribution in [1.82, 2.24) is 0 Å². The van der Waals surface area contributed by atoms with Crippen LogP contribution in [0.3, 0.4) is 0 Å². The first kappa shape index (κ1) is 30.7. The molecule has 10 aromatic rings. The highest BCUT2D eigenvalue weighted by Crippen LogP contribution is 2.47. The molecule has 0 spiro atoms. The van der Waals surface area contributed by atoms with E-state index in [-0.39, 0.29) is 0 Å². The minimum Gasteiger partial charge on any atom is -0.454 e. The first-order chi connectivity index (χ1) is 26.8. The van der Waals surface area contributed by atoms with Gasteiger partial charge in [0.1, 0.15) is 5.58 Å². The van der Waals surface area contributed by atoms with Crippen LogP contribution in [0.2, 0.25) is 0 Å². The highest BCUT2D eigenvalue weighted by Gasteiger charge is 2.23. The average molecular weight is 690 g/mol. The zero-order valence-electron chi connectivity index (χ0n) is 29.7. The van der Waals surface area contributed by atoms with E-state index in [1.165, 1.54) is 65.7 Å². The molecule has 0 radical (unpaired) electrons. The van der Waals surface area contributed by atoms with E-state index in [1.54, 1.807) is 0 Å². The van der Waals surface area contributed by atoms with Crippen LogP contribution < -0.4 is 4.90 Å². The number of rotatable bonds is 5. The summed E-state index contributed by atoms with van der Waals surface area (Å²) < 4.78 is 7.06. The van der Waals surface area contributed by atoms with Crippen LogP contribution >= 0.6 is 0 Å². The molecule has 0 saturated carbocycles. The summed E-state index contributed by atoms with van der Waals surface area (Å²) in [6.07, 6.45) is 6.72. The zero-order valence-corrected chi connectivity index (χ0v) is 29.7. The SMILES string of the molecule is C1=Cc2c(c3cc(N(c4ccc(-c5ccccc5)cc4)c4cccc5c4oc4cc(-c6ccccc6)c6ccccc6c45)ccc3c3ccccc23)CC1. The Morgan fingerprint density at radius 3 is 1.87 bits per heavy atom. The molecule has 0 fully saturated rings. The second kappa shape index (κ2) is 12.4. The van der Waals surface area contributed by atoms with Gasteiger partial charge in [0.25, 0.3) is 0 Å². The lowest BCUT2D eigenvalue weighted by atomic mass is 9.86. The molecule has 2 heteroatoms. The van der Waals surface area contributed by atoms with E-state index in [9.17, 15) is 0 Å². The van der Waals surface area contributed by atoms with Crippen molar-refractivity contribution >= 4 is 77.4 Å². The third kappa shape index (κ3) is 4.81. The van der Waals surface area contributed by atoms with Gasteiger partial charge in [0.05, 0.1) is 5.69 Å². The van der Waals surface area contributed by atoms with Crippen LogP contribution in [0.5, 0.6) is 0 Å². The molecule has 0 bridgehead atoms. The molecule has 9 aromatic carbocycles. The van der Waals surface area contributed by atoms with Gasteiger partial charge in [-0.25, -0.2) is 0 Å². The Morgan fingerprint density at radius 2 is 1.07 bits per heavy atom. The quantitative estimate of drug-likeness (QED) is 0.167. The Morgan fingerprint density at radius 1 is 0.444 bits per heavy atom. The van der Waals surface area contributed by atoms with Crippen LogP contribution in [0, 0.1) is 0 Å². The second-order valence-electron chi connectivity index (χ2n) is 14.3. The lowest BCUT2D eigenvalue weighted by Crippen LogP contribution is -2.10. The van der Waals surface area contributed by atoms with E-state index in [2.05, 4.69) is 193 Å². The molecule has 0 amide bonds. The van der Waals surface area contributed by atoms with E-state index in [4.69, 9.17) is 4.42 Å². The fourth-order valence-corrected chi connectivity index (χ4v) is 8.85. The topological polar surface area (TPSA) is 16.4 Å². The Labute approximate surface area is 313 Å². The Bertz CT molecular complexity index is 3080. The molecule has 0 saturated heterocycles. The van der Waals surface area contributed by atoms with Crippen molar-refractivity contribution in [3.8, 4) is 22.3 Å². The number of fused-ring (bicyclic) bond motifs is 11. The number of benzene rings is 9. The van der Waals surface area contributed by atoms with Gasteiger partial charge >= 0.3 is 0 Å². The summed E-state index contributed by atoms with van der Waals surface area (Å²) in [6, 6.07) is 63.6. The van der Waals surface area contributed by atoms with Gasteiger partial charge in [-0.2, -0.15) is 0 Å². The summed E-state index contributed by atoms with van der Waals surface area (Å²) in [5.41, 5.74) is 12.5. The smallest absolute Gasteiger partial charge is 0.159 e. The highest BCUT2D eigenvalue weighted by atomic mass is 16.3. The molecule has 254 valence electrons. The Kier molecular flexibility index (Phi) is 7.03. The van der Waals surface area contributed by atoms with Crippen LogP contribution in [0.15, 0.2) is 186 Å². The molecule has 2 nitrogen and oxygen atoms in total. The number of allylic oxidation sites excluding steroid dienone is 1. The number of aryl methyl sites for hydroxylation is 1. The molecular formula is C52H35NO. The van der Waals surface area contributed by atoms with Gasteiger partial charge in [0.2, 0.25) is 0 Å². The first-order valence-electron chi connectivity index (χ1n) is 18.8. The van der Waals surface area contributed by atoms with Crippen molar-refractivity contribution in [3.05, 3.63) is 193 Å². The third-order valence-corrected chi connectivity index (χ3v) is 11.3. The first-order valence-corrected chi connectivity index (χ1v) is 18.8. The van der Waals surface area contributed by atoms with E-state index in [1.807, 2.05) is 0 Å². The predicted molar refractivity (Wildman–Crippen MR) is 229 cm³/mol. The zero-order chi connectivity index (χ0) is 35.6. The molecule has 0 N–H and O–H groups in total. The van der Waals surface area contributed by atoms with Gasteiger partial charge < -0.3 is 9.32 Å². The summed E-state index contributed by atoms with van der Waals surface area (Å²) in [4.78, 5) is 2.39.